The van der Waals surface area contributed by atoms with E-state index >= 15 is 0 Å². The summed E-state index contributed by atoms with van der Waals surface area (Å²) in [6.45, 7) is 3.18. The molecule has 4 rings (SSSR count). The highest BCUT2D eigenvalue weighted by Crippen LogP contribution is 2.43. The maximum absolute atomic E-state index is 13.3. The van der Waals surface area contributed by atoms with Crippen molar-refractivity contribution in [3.63, 3.8) is 0 Å². The zero-order valence-corrected chi connectivity index (χ0v) is 15.8. The summed E-state index contributed by atoms with van der Waals surface area (Å²) in [6, 6.07) is 12.5. The highest BCUT2D eigenvalue weighted by Gasteiger charge is 2.53. The molecular formula is C21H24N2O2S. The maximum atomic E-state index is 13.3. The van der Waals surface area contributed by atoms with Crippen LogP contribution in [0.3, 0.4) is 0 Å². The number of carbonyl (C=O) groups is 2. The van der Waals surface area contributed by atoms with Crippen LogP contribution < -0.4 is 5.32 Å². The maximum Gasteiger partial charge on any atom is 0.232 e. The van der Waals surface area contributed by atoms with Gasteiger partial charge in [0.2, 0.25) is 11.8 Å². The predicted molar refractivity (Wildman–Crippen MR) is 103 cm³/mol. The third-order valence-corrected chi connectivity index (χ3v) is 6.66. The van der Waals surface area contributed by atoms with E-state index in [1.807, 2.05) is 36.1 Å². The third kappa shape index (κ3) is 3.05. The SMILES string of the molecule is Cc1cccc([C@]2(C(=O)NCCc3cccs3)C[C@@H]3CCC(=O)N3C2)c1. The molecule has 2 fully saturated rings. The molecule has 0 radical (unpaired) electrons. The molecule has 2 amide bonds. The van der Waals surface area contributed by atoms with Gasteiger partial charge in [0.15, 0.2) is 0 Å². The number of hydrogen-bond donors (Lipinski definition) is 1. The van der Waals surface area contributed by atoms with E-state index in [-0.39, 0.29) is 17.9 Å². The van der Waals surface area contributed by atoms with Crippen molar-refractivity contribution < 1.29 is 9.59 Å². The minimum Gasteiger partial charge on any atom is -0.355 e. The molecule has 2 aliphatic heterocycles. The fourth-order valence-corrected chi connectivity index (χ4v) is 5.06. The van der Waals surface area contributed by atoms with Gasteiger partial charge in [0.1, 0.15) is 0 Å². The lowest BCUT2D eigenvalue weighted by atomic mass is 9.76. The highest BCUT2D eigenvalue weighted by atomic mass is 32.1. The minimum absolute atomic E-state index is 0.0573. The lowest BCUT2D eigenvalue weighted by Gasteiger charge is -2.29. The number of thiophene rings is 1. The molecule has 2 aliphatic rings. The monoisotopic (exact) mass is 368 g/mol. The normalized spacial score (nSPS) is 24.7. The van der Waals surface area contributed by atoms with Gasteiger partial charge in [0.05, 0.1) is 5.41 Å². The molecule has 5 heteroatoms. The van der Waals surface area contributed by atoms with Crippen LogP contribution in [0.5, 0.6) is 0 Å². The zero-order chi connectivity index (χ0) is 18.1. The van der Waals surface area contributed by atoms with Gasteiger partial charge in [-0.15, -0.1) is 11.3 Å². The van der Waals surface area contributed by atoms with Crippen LogP contribution in [-0.4, -0.2) is 35.8 Å². The molecule has 0 saturated carbocycles. The molecular weight excluding hydrogens is 344 g/mol. The standard InChI is InChI=1S/C21H24N2O2S/c1-15-4-2-5-16(12-15)21(13-17-7-8-19(24)23(17)14-21)20(25)22-10-9-18-6-3-11-26-18/h2-6,11-12,17H,7-10,13-14H2,1H3,(H,22,25)/t17-,21-/m0/s1. The number of amides is 2. The van der Waals surface area contributed by atoms with Gasteiger partial charge in [-0.3, -0.25) is 9.59 Å². The first kappa shape index (κ1) is 17.3. The smallest absolute Gasteiger partial charge is 0.232 e. The number of nitrogens with one attached hydrogen (secondary N) is 1. The Morgan fingerprint density at radius 3 is 2.96 bits per heavy atom. The molecule has 1 aromatic heterocycles. The van der Waals surface area contributed by atoms with Crippen molar-refractivity contribution in [2.24, 2.45) is 0 Å². The lowest BCUT2D eigenvalue weighted by Crippen LogP contribution is -2.47. The number of aryl methyl sites for hydroxylation is 1. The Hall–Kier alpha value is -2.14. The zero-order valence-electron chi connectivity index (χ0n) is 15.0. The van der Waals surface area contributed by atoms with Gasteiger partial charge in [0, 0.05) is 30.4 Å². The Balaban J connectivity index is 1.57. The molecule has 0 aliphatic carbocycles. The Labute approximate surface area is 158 Å². The first-order chi connectivity index (χ1) is 12.6. The van der Waals surface area contributed by atoms with Crippen LogP contribution in [0.15, 0.2) is 41.8 Å². The molecule has 2 saturated heterocycles. The average molecular weight is 369 g/mol. The number of fused-ring (bicyclic) bond motifs is 1. The van der Waals surface area contributed by atoms with E-state index in [0.29, 0.717) is 19.5 Å². The van der Waals surface area contributed by atoms with Gasteiger partial charge in [-0.2, -0.15) is 0 Å². The van der Waals surface area contributed by atoms with Crippen LogP contribution in [0.4, 0.5) is 0 Å². The number of benzene rings is 1. The molecule has 0 bridgehead atoms. The van der Waals surface area contributed by atoms with Crippen LogP contribution in [0, 0.1) is 6.92 Å². The van der Waals surface area contributed by atoms with Gasteiger partial charge < -0.3 is 10.2 Å². The molecule has 0 spiro atoms. The summed E-state index contributed by atoms with van der Waals surface area (Å²) in [6.07, 6.45) is 3.07. The molecule has 2 atom stereocenters. The summed E-state index contributed by atoms with van der Waals surface area (Å²) in [5.41, 5.74) is 1.56. The average Bonchev–Trinajstić information content (AvgIpc) is 3.34. The van der Waals surface area contributed by atoms with Crippen LogP contribution >= 0.6 is 11.3 Å². The second-order valence-electron chi connectivity index (χ2n) is 7.46. The summed E-state index contributed by atoms with van der Waals surface area (Å²) in [7, 11) is 0. The van der Waals surface area contributed by atoms with Crippen molar-refractivity contribution in [3.8, 4) is 0 Å². The first-order valence-electron chi connectivity index (χ1n) is 9.26. The minimum atomic E-state index is -0.623. The van der Waals surface area contributed by atoms with Crippen molar-refractivity contribution in [3.05, 3.63) is 57.8 Å². The third-order valence-electron chi connectivity index (χ3n) is 5.72. The van der Waals surface area contributed by atoms with Crippen molar-refractivity contribution in [1.82, 2.24) is 10.2 Å². The highest BCUT2D eigenvalue weighted by molar-refractivity contribution is 7.09. The number of rotatable bonds is 5. The Bertz CT molecular complexity index is 817. The predicted octanol–water partition coefficient (Wildman–Crippen LogP) is 3.05. The van der Waals surface area contributed by atoms with Crippen molar-refractivity contribution in [2.45, 2.75) is 44.1 Å². The van der Waals surface area contributed by atoms with Gasteiger partial charge in [0.25, 0.3) is 0 Å². The van der Waals surface area contributed by atoms with Crippen LogP contribution in [-0.2, 0) is 21.4 Å². The molecule has 1 aromatic carbocycles. The van der Waals surface area contributed by atoms with E-state index in [0.717, 1.165) is 30.4 Å². The van der Waals surface area contributed by atoms with Gasteiger partial charge >= 0.3 is 0 Å². The first-order valence-corrected chi connectivity index (χ1v) is 10.1. The Kier molecular flexibility index (Phi) is 4.57. The second kappa shape index (κ2) is 6.88. The van der Waals surface area contributed by atoms with E-state index < -0.39 is 5.41 Å². The Morgan fingerprint density at radius 2 is 2.23 bits per heavy atom. The van der Waals surface area contributed by atoms with Gasteiger partial charge in [-0.25, -0.2) is 0 Å². The largest absolute Gasteiger partial charge is 0.355 e. The molecule has 4 nitrogen and oxygen atoms in total. The number of nitrogens with zero attached hydrogens (tertiary/aromatic N) is 1. The Morgan fingerprint density at radius 1 is 1.35 bits per heavy atom. The molecule has 3 heterocycles. The molecule has 26 heavy (non-hydrogen) atoms. The van der Waals surface area contributed by atoms with E-state index in [2.05, 4.69) is 22.8 Å². The summed E-state index contributed by atoms with van der Waals surface area (Å²) >= 11 is 1.71. The second-order valence-corrected chi connectivity index (χ2v) is 8.49. The van der Waals surface area contributed by atoms with Crippen molar-refractivity contribution >= 4 is 23.2 Å². The van der Waals surface area contributed by atoms with Crippen LogP contribution in [0.2, 0.25) is 0 Å². The fourth-order valence-electron chi connectivity index (χ4n) is 4.35. The van der Waals surface area contributed by atoms with Gasteiger partial charge in [-0.05, 0) is 43.2 Å². The topological polar surface area (TPSA) is 49.4 Å². The van der Waals surface area contributed by atoms with E-state index in [9.17, 15) is 9.59 Å². The van der Waals surface area contributed by atoms with E-state index in [4.69, 9.17) is 0 Å². The molecule has 0 unspecified atom stereocenters. The number of hydrogen-bond acceptors (Lipinski definition) is 3. The quantitative estimate of drug-likeness (QED) is 0.882. The van der Waals surface area contributed by atoms with Gasteiger partial charge in [-0.1, -0.05) is 35.9 Å². The lowest BCUT2D eigenvalue weighted by molar-refractivity contribution is -0.129. The summed E-state index contributed by atoms with van der Waals surface area (Å²) in [5, 5.41) is 5.21. The number of carbonyl (C=O) groups excluding carboxylic acids is 2. The molecule has 1 N–H and O–H groups in total. The summed E-state index contributed by atoms with van der Waals surface area (Å²) in [4.78, 5) is 28.7. The summed E-state index contributed by atoms with van der Waals surface area (Å²) < 4.78 is 0. The van der Waals surface area contributed by atoms with E-state index in [1.165, 1.54) is 4.88 Å². The van der Waals surface area contributed by atoms with Crippen LogP contribution in [0.1, 0.15) is 35.3 Å². The molecule has 136 valence electrons. The summed E-state index contributed by atoms with van der Waals surface area (Å²) in [5.74, 6) is 0.248. The van der Waals surface area contributed by atoms with Crippen molar-refractivity contribution in [2.75, 3.05) is 13.1 Å². The molecule has 2 aromatic rings. The van der Waals surface area contributed by atoms with Crippen LogP contribution in [0.25, 0.3) is 0 Å². The van der Waals surface area contributed by atoms with E-state index in [1.54, 1.807) is 11.3 Å². The fraction of sp³-hybridized carbons (Fsp3) is 0.429. The van der Waals surface area contributed by atoms with Crippen molar-refractivity contribution in [1.29, 1.82) is 0 Å².